The van der Waals surface area contributed by atoms with Gasteiger partial charge in [0.25, 0.3) is 0 Å². The van der Waals surface area contributed by atoms with Crippen molar-refractivity contribution < 1.29 is 65.8 Å². The largest absolute Gasteiger partial charge is 0.481 e. The van der Waals surface area contributed by atoms with Crippen molar-refractivity contribution in [1.29, 1.82) is 0 Å². The van der Waals surface area contributed by atoms with E-state index in [0.29, 0.717) is 12.8 Å². The molecule has 0 amide bonds. The Hall–Kier alpha value is -2.20. The normalized spacial score (nSPS) is 11.0. The molecule has 13 nitrogen and oxygen atoms in total. The molecule has 0 aliphatic carbocycles. The lowest BCUT2D eigenvalue weighted by atomic mass is 10.1. The molecule has 0 aromatic carbocycles. The van der Waals surface area contributed by atoms with Gasteiger partial charge in [0.05, 0.1) is 39.6 Å². The van der Waals surface area contributed by atoms with Gasteiger partial charge >= 0.3 is 11.9 Å². The van der Waals surface area contributed by atoms with Gasteiger partial charge < -0.3 is 56.2 Å². The molecule has 0 heterocycles. The maximum Gasteiger partial charge on any atom is 0.303 e. The van der Waals surface area contributed by atoms with Crippen LogP contribution in [0.5, 0.6) is 0 Å². The summed E-state index contributed by atoms with van der Waals surface area (Å²) in [6.45, 7) is 2.31. The van der Waals surface area contributed by atoms with Crippen LogP contribution in [0.25, 0.3) is 0 Å². The van der Waals surface area contributed by atoms with E-state index >= 15 is 0 Å². The van der Waals surface area contributed by atoms with Crippen LogP contribution >= 0.6 is 0 Å². The summed E-state index contributed by atoms with van der Waals surface area (Å²) in [5, 5.41) is 89.1. The van der Waals surface area contributed by atoms with E-state index in [-0.39, 0.29) is 39.6 Å². The zero-order valence-corrected chi connectivity index (χ0v) is 36.6. The molecule has 0 bridgehead atoms. The van der Waals surface area contributed by atoms with Crippen molar-refractivity contribution in [2.24, 2.45) is 0 Å². The fourth-order valence-corrected chi connectivity index (χ4v) is 4.61. The molecular weight excluding hydrogens is 748 g/mol. The minimum Gasteiger partial charge on any atom is -0.481 e. The molecule has 0 aliphatic heterocycles. The second-order valence-electron chi connectivity index (χ2n) is 14.2. The highest BCUT2D eigenvalue weighted by molar-refractivity contribution is 5.66. The molecule has 0 aliphatic rings. The molecule has 348 valence electrons. The number of allylic oxidation sites excluding steroid dienone is 6. The fourth-order valence-electron chi connectivity index (χ4n) is 4.61. The van der Waals surface area contributed by atoms with E-state index in [4.69, 9.17) is 56.2 Å². The van der Waals surface area contributed by atoms with Gasteiger partial charge in [-0.05, 0) is 70.6 Å². The van der Waals surface area contributed by atoms with Crippen LogP contribution in [0, 0.1) is 0 Å². The summed E-state index contributed by atoms with van der Waals surface area (Å²) in [5.74, 6) is -1.33. The third kappa shape index (κ3) is 78.2. The van der Waals surface area contributed by atoms with E-state index in [1.807, 2.05) is 0 Å². The van der Waals surface area contributed by atoms with E-state index in [1.165, 1.54) is 116 Å². The summed E-state index contributed by atoms with van der Waals surface area (Å²) in [5.41, 5.74) is 0. The van der Waals surface area contributed by atoms with Gasteiger partial charge in [-0.3, -0.25) is 9.59 Å². The lowest BCUT2D eigenvalue weighted by molar-refractivity contribution is -0.138. The third-order valence-electron chi connectivity index (χ3n) is 8.26. The minimum absolute atomic E-state index is 0.324. The van der Waals surface area contributed by atoms with Gasteiger partial charge in [-0.25, -0.2) is 0 Å². The summed E-state index contributed by atoms with van der Waals surface area (Å²) in [4.78, 5) is 20.6. The molecule has 13 heteroatoms. The van der Waals surface area contributed by atoms with Crippen molar-refractivity contribution in [1.82, 2.24) is 0 Å². The Kier molecular flexibility index (Phi) is 68.8. The van der Waals surface area contributed by atoms with Crippen LogP contribution in [0.1, 0.15) is 181 Å². The van der Waals surface area contributed by atoms with E-state index in [1.54, 1.807) is 0 Å². The van der Waals surface area contributed by atoms with E-state index < -0.39 is 30.3 Å². The summed E-state index contributed by atoms with van der Waals surface area (Å²) in [6.07, 6.45) is 40.7. The van der Waals surface area contributed by atoms with Crippen molar-refractivity contribution in [3.8, 4) is 0 Å². The molecule has 0 atom stereocenters. The summed E-state index contributed by atoms with van der Waals surface area (Å²) in [7, 11) is 0. The quantitative estimate of drug-likeness (QED) is 0.0228. The average Bonchev–Trinajstić information content (AvgIpc) is 3.23. The summed E-state index contributed by atoms with van der Waals surface area (Å²) < 4.78 is 0. The number of carboxylic acid groups (broad SMARTS) is 2. The van der Waals surface area contributed by atoms with Gasteiger partial charge in [0, 0.05) is 12.8 Å². The molecule has 0 aromatic rings. The van der Waals surface area contributed by atoms with Crippen molar-refractivity contribution in [2.45, 2.75) is 199 Å². The molecule has 0 unspecified atom stereocenters. The van der Waals surface area contributed by atoms with Gasteiger partial charge in [0.2, 0.25) is 0 Å². The number of rotatable bonds is 35. The van der Waals surface area contributed by atoms with Crippen molar-refractivity contribution in [3.05, 3.63) is 36.5 Å². The third-order valence-corrected chi connectivity index (χ3v) is 8.26. The molecule has 0 rings (SSSR count). The van der Waals surface area contributed by atoms with Crippen LogP contribution in [-0.4, -0.2) is 126 Å². The van der Waals surface area contributed by atoms with Crippen LogP contribution in [0.4, 0.5) is 0 Å². The predicted octanol–water partition coefficient (Wildman–Crippen LogP) is 6.99. The van der Waals surface area contributed by atoms with Gasteiger partial charge in [-0.1, -0.05) is 134 Å². The zero-order valence-electron chi connectivity index (χ0n) is 36.6. The van der Waals surface area contributed by atoms with Crippen LogP contribution in [0.2, 0.25) is 0 Å². The lowest BCUT2D eigenvalue weighted by Crippen LogP contribution is -2.15. The first-order chi connectivity index (χ1) is 28.0. The molecule has 0 aromatic heterocycles. The molecule has 58 heavy (non-hydrogen) atoms. The first kappa shape index (κ1) is 64.9. The topological polar surface area (TPSA) is 257 Å². The monoisotopic (exact) mass is 839 g/mol. The molecule has 0 saturated carbocycles. The first-order valence-electron chi connectivity index (χ1n) is 22.0. The Morgan fingerprint density at radius 2 is 0.586 bits per heavy atom. The Morgan fingerprint density at radius 3 is 0.845 bits per heavy atom. The first-order valence-corrected chi connectivity index (χ1v) is 22.0. The number of aliphatic carboxylic acids is 2. The van der Waals surface area contributed by atoms with Crippen LogP contribution in [-0.2, 0) is 9.59 Å². The number of aliphatic hydroxyl groups is 9. The summed E-state index contributed by atoms with van der Waals surface area (Å²) in [6, 6.07) is 0. The Bertz CT molecular complexity index is 817. The molecular formula is C45H90O13. The maximum absolute atomic E-state index is 10.3. The smallest absolute Gasteiger partial charge is 0.303 e. The molecule has 11 N–H and O–H groups in total. The highest BCUT2D eigenvalue weighted by Crippen LogP contribution is 2.10. The van der Waals surface area contributed by atoms with Crippen LogP contribution in [0.15, 0.2) is 36.5 Å². The number of aliphatic hydroxyl groups excluding tert-OH is 9. The van der Waals surface area contributed by atoms with E-state index in [2.05, 4.69) is 50.3 Å². The Balaban J connectivity index is -0.000000228. The Labute approximate surface area is 352 Å². The molecule has 0 spiro atoms. The van der Waals surface area contributed by atoms with E-state index in [9.17, 15) is 9.59 Å². The maximum atomic E-state index is 10.3. The second-order valence-corrected chi connectivity index (χ2v) is 14.2. The summed E-state index contributed by atoms with van der Waals surface area (Å²) >= 11 is 0. The van der Waals surface area contributed by atoms with Gasteiger partial charge in [0.1, 0.15) is 18.3 Å². The number of unbranched alkanes of at least 4 members (excludes halogenated alkanes) is 19. The van der Waals surface area contributed by atoms with Crippen molar-refractivity contribution >= 4 is 11.9 Å². The van der Waals surface area contributed by atoms with Gasteiger partial charge in [0.15, 0.2) is 0 Å². The Morgan fingerprint density at radius 1 is 0.362 bits per heavy atom. The molecule has 0 fully saturated rings. The lowest BCUT2D eigenvalue weighted by Gasteiger charge is -1.99. The van der Waals surface area contributed by atoms with Crippen LogP contribution < -0.4 is 0 Å². The van der Waals surface area contributed by atoms with E-state index in [0.717, 1.165) is 38.5 Å². The SMILES string of the molecule is CCCCC/C=C\C/C=C\CCCCCCCC(=O)O.CCCCCCCC/C=C\CCCCCCCC(=O)O.OCC(O)CO.OCC(O)CO.OCC(O)CO. The van der Waals surface area contributed by atoms with Gasteiger partial charge in [-0.2, -0.15) is 0 Å². The predicted molar refractivity (Wildman–Crippen MR) is 235 cm³/mol. The number of hydrogen-bond acceptors (Lipinski definition) is 11. The standard InChI is InChI=1S/C18H34O2.C18H32O2.3C3H8O3/c2*1-2-3-4-5-6-7-8-9-10-11-12-13-14-15-16-17-18(19)20;3*4-1-3(6)2-5/h9-10H,2-8,11-17H2,1H3,(H,19,20);6-7,9-10H,2-5,8,11-17H2,1H3,(H,19,20);3*3-6H,1-2H2/b10-9-;7-6-,10-9-;;;. The fraction of sp³-hybridized carbons (Fsp3) is 0.822. The van der Waals surface area contributed by atoms with Crippen molar-refractivity contribution in [2.75, 3.05) is 39.6 Å². The number of carbonyl (C=O) groups is 2. The van der Waals surface area contributed by atoms with Crippen molar-refractivity contribution in [3.63, 3.8) is 0 Å². The molecule has 0 saturated heterocycles. The zero-order chi connectivity index (χ0) is 44.8. The minimum atomic E-state index is -0.954. The van der Waals surface area contributed by atoms with Gasteiger partial charge in [-0.15, -0.1) is 0 Å². The highest BCUT2D eigenvalue weighted by atomic mass is 16.4. The second kappa shape index (κ2) is 61.5. The number of carboxylic acids is 2. The van der Waals surface area contributed by atoms with Crippen LogP contribution in [0.3, 0.4) is 0 Å². The highest BCUT2D eigenvalue weighted by Gasteiger charge is 1.98. The number of hydrogen-bond donors (Lipinski definition) is 11. The molecule has 0 radical (unpaired) electrons. The average molecular weight is 839 g/mol.